The molecule has 3 aromatic rings. The van der Waals surface area contributed by atoms with Gasteiger partial charge in [0.15, 0.2) is 5.65 Å². The van der Waals surface area contributed by atoms with Crippen molar-refractivity contribution in [1.29, 1.82) is 0 Å². The van der Waals surface area contributed by atoms with Gasteiger partial charge < -0.3 is 10.3 Å². The molecule has 0 atom stereocenters. The lowest BCUT2D eigenvalue weighted by molar-refractivity contribution is -0.121. The van der Waals surface area contributed by atoms with Crippen molar-refractivity contribution >= 4 is 23.1 Å². The molecule has 10 nitrogen and oxygen atoms in total. The van der Waals surface area contributed by atoms with E-state index in [2.05, 4.69) is 15.7 Å². The van der Waals surface area contributed by atoms with Crippen LogP contribution < -0.4 is 22.0 Å². The number of hydrazine groups is 1. The summed E-state index contributed by atoms with van der Waals surface area (Å²) in [5.74, 6) is 1.21. The second kappa shape index (κ2) is 13.2. The summed E-state index contributed by atoms with van der Waals surface area (Å²) in [6.45, 7) is 4.37. The molecule has 6 rings (SSSR count). The molecular weight excluding hydrogens is 530 g/mol. The van der Waals surface area contributed by atoms with Crippen LogP contribution in [0.15, 0.2) is 39.9 Å². The second-order valence-corrected chi connectivity index (χ2v) is 12.3. The molecule has 42 heavy (non-hydrogen) atoms. The zero-order valence-electron chi connectivity index (χ0n) is 24.4. The second-order valence-electron chi connectivity index (χ2n) is 12.3. The number of nitrogens with one attached hydrogen (secondary N) is 3. The van der Waals surface area contributed by atoms with Crippen molar-refractivity contribution < 1.29 is 4.79 Å². The molecule has 0 bridgehead atoms. The molecule has 3 aliphatic rings. The number of carbonyl (C=O) groups excluding carboxylic acids is 1. The first-order chi connectivity index (χ1) is 20.5. The minimum atomic E-state index is -0.269. The average molecular weight is 574 g/mol. The lowest BCUT2D eigenvalue weighted by Gasteiger charge is -2.26. The predicted molar refractivity (Wildman–Crippen MR) is 165 cm³/mol. The highest BCUT2D eigenvalue weighted by atomic mass is 16.2. The van der Waals surface area contributed by atoms with Gasteiger partial charge in [0.25, 0.3) is 11.5 Å². The smallest absolute Gasteiger partial charge is 0.332 e. The van der Waals surface area contributed by atoms with E-state index in [-0.39, 0.29) is 17.2 Å². The maximum atomic E-state index is 13.8. The molecule has 1 aromatic carbocycles. The fourth-order valence-electron chi connectivity index (χ4n) is 6.78. The van der Waals surface area contributed by atoms with E-state index in [1.54, 1.807) is 10.6 Å². The fraction of sp³-hybridized carbons (Fsp3) is 0.562. The molecule has 2 saturated carbocycles. The van der Waals surface area contributed by atoms with Crippen LogP contribution in [0.1, 0.15) is 69.8 Å². The van der Waals surface area contributed by atoms with Crippen molar-refractivity contribution in [3.05, 3.63) is 56.7 Å². The number of aromatic amines is 1. The monoisotopic (exact) mass is 573 g/mol. The van der Waals surface area contributed by atoms with Crippen LogP contribution in [0.25, 0.3) is 28.6 Å². The van der Waals surface area contributed by atoms with Crippen LogP contribution in [0.3, 0.4) is 0 Å². The van der Waals surface area contributed by atoms with Gasteiger partial charge in [-0.15, -0.1) is 0 Å². The van der Waals surface area contributed by atoms with E-state index in [0.717, 1.165) is 75.8 Å². The van der Waals surface area contributed by atoms with Crippen LogP contribution in [0.4, 0.5) is 0 Å². The van der Waals surface area contributed by atoms with E-state index in [1.165, 1.54) is 36.3 Å². The molecule has 1 amide bonds. The Labute approximate surface area is 246 Å². The van der Waals surface area contributed by atoms with E-state index >= 15 is 0 Å². The Bertz CT molecular complexity index is 1520. The number of piperazine rings is 1. The zero-order chi connectivity index (χ0) is 28.9. The van der Waals surface area contributed by atoms with Gasteiger partial charge in [-0.1, -0.05) is 62.8 Å². The third-order valence-electron chi connectivity index (χ3n) is 9.19. The van der Waals surface area contributed by atoms with E-state index in [0.29, 0.717) is 41.9 Å². The number of aromatic nitrogens is 4. The normalized spacial score (nSPS) is 19.5. The van der Waals surface area contributed by atoms with Gasteiger partial charge in [0.1, 0.15) is 11.3 Å². The van der Waals surface area contributed by atoms with Crippen LogP contribution in [-0.2, 0) is 17.9 Å². The van der Waals surface area contributed by atoms with Crippen LogP contribution in [0, 0.1) is 11.8 Å². The van der Waals surface area contributed by atoms with Gasteiger partial charge in [0.2, 0.25) is 0 Å². The summed E-state index contributed by atoms with van der Waals surface area (Å²) in [7, 11) is 0. The first-order valence-electron chi connectivity index (χ1n) is 15.8. The molecule has 1 saturated heterocycles. The van der Waals surface area contributed by atoms with Crippen LogP contribution >= 0.6 is 0 Å². The Kier molecular flexibility index (Phi) is 9.00. The van der Waals surface area contributed by atoms with Gasteiger partial charge in [0, 0.05) is 50.9 Å². The Morgan fingerprint density at radius 1 is 0.881 bits per heavy atom. The maximum Gasteiger partial charge on any atom is 0.332 e. The number of rotatable bonds is 8. The van der Waals surface area contributed by atoms with Crippen LogP contribution in [0.2, 0.25) is 0 Å². The first kappa shape index (κ1) is 28.6. The third kappa shape index (κ3) is 6.60. The standard InChI is InChI=1S/C32H43N7O3/c40-27(36-37-19-17-33-18-20-37)16-13-23-11-14-26(15-12-23)29-34-28-30(35-29)38(21-24-7-3-1-4-8-24)32(42)39(31(28)41)22-25-9-5-2-6-10-25/h11-16,24-25,33H,1-10,17-22H2,(H,34,35)(H,36,40)/b16-13+. The molecule has 0 spiro atoms. The molecular formula is C32H43N7O3. The molecule has 2 aromatic heterocycles. The van der Waals surface area contributed by atoms with Gasteiger partial charge in [-0.05, 0) is 49.2 Å². The number of carbonyl (C=O) groups is 1. The molecule has 0 unspecified atom stereocenters. The van der Waals surface area contributed by atoms with E-state index in [9.17, 15) is 14.4 Å². The van der Waals surface area contributed by atoms with Crippen molar-refractivity contribution in [3.63, 3.8) is 0 Å². The minimum absolute atomic E-state index is 0.154. The molecule has 2 aliphatic carbocycles. The van der Waals surface area contributed by atoms with E-state index < -0.39 is 0 Å². The van der Waals surface area contributed by atoms with Gasteiger partial charge >= 0.3 is 5.69 Å². The Hall–Kier alpha value is -3.50. The fourth-order valence-corrected chi connectivity index (χ4v) is 6.78. The molecule has 224 valence electrons. The van der Waals surface area contributed by atoms with Crippen molar-refractivity contribution in [3.8, 4) is 11.4 Å². The zero-order valence-corrected chi connectivity index (χ0v) is 24.4. The number of amides is 1. The molecule has 3 fully saturated rings. The highest BCUT2D eigenvalue weighted by Crippen LogP contribution is 2.27. The molecule has 3 heterocycles. The molecule has 0 radical (unpaired) electrons. The van der Waals surface area contributed by atoms with Gasteiger partial charge in [-0.3, -0.25) is 24.1 Å². The quantitative estimate of drug-likeness (QED) is 0.354. The van der Waals surface area contributed by atoms with Crippen LogP contribution in [-0.4, -0.2) is 56.2 Å². The number of imidazole rings is 1. The predicted octanol–water partition coefficient (Wildman–Crippen LogP) is 3.66. The SMILES string of the molecule is O=C(/C=C/c1ccc(-c2nc3c([nH]2)c(=O)n(CC2CCCCC2)c(=O)n3CC2CCCCC2)cc1)NN1CCNCC1. The molecule has 1 aliphatic heterocycles. The number of hydrogen-bond donors (Lipinski definition) is 3. The third-order valence-corrected chi connectivity index (χ3v) is 9.19. The maximum absolute atomic E-state index is 13.8. The Balaban J connectivity index is 1.26. The summed E-state index contributed by atoms with van der Waals surface area (Å²) in [5.41, 5.74) is 4.99. The van der Waals surface area contributed by atoms with Crippen molar-refractivity contribution in [2.24, 2.45) is 11.8 Å². The van der Waals surface area contributed by atoms with Crippen LogP contribution in [0.5, 0.6) is 0 Å². The summed E-state index contributed by atoms with van der Waals surface area (Å²) in [6, 6.07) is 7.70. The van der Waals surface area contributed by atoms with Gasteiger partial charge in [-0.25, -0.2) is 14.8 Å². The lowest BCUT2D eigenvalue weighted by atomic mass is 9.89. The summed E-state index contributed by atoms with van der Waals surface area (Å²) >= 11 is 0. The van der Waals surface area contributed by atoms with Gasteiger partial charge in [-0.2, -0.15) is 0 Å². The summed E-state index contributed by atoms with van der Waals surface area (Å²) in [5, 5.41) is 5.19. The highest BCUT2D eigenvalue weighted by molar-refractivity contribution is 5.91. The van der Waals surface area contributed by atoms with Crippen molar-refractivity contribution in [2.45, 2.75) is 77.3 Å². The number of benzene rings is 1. The molecule has 3 N–H and O–H groups in total. The van der Waals surface area contributed by atoms with Crippen molar-refractivity contribution in [2.75, 3.05) is 26.2 Å². The minimum Gasteiger partial charge on any atom is -0.332 e. The number of fused-ring (bicyclic) bond motifs is 1. The summed E-state index contributed by atoms with van der Waals surface area (Å²) in [4.78, 5) is 47.9. The van der Waals surface area contributed by atoms with E-state index in [4.69, 9.17) is 4.98 Å². The Morgan fingerprint density at radius 3 is 2.14 bits per heavy atom. The number of H-pyrrole nitrogens is 1. The number of nitrogens with zero attached hydrogens (tertiary/aromatic N) is 4. The largest absolute Gasteiger partial charge is 0.332 e. The Morgan fingerprint density at radius 2 is 1.50 bits per heavy atom. The van der Waals surface area contributed by atoms with Gasteiger partial charge in [0.05, 0.1) is 0 Å². The topological polar surface area (TPSA) is 117 Å². The lowest BCUT2D eigenvalue weighted by Crippen LogP contribution is -2.51. The summed E-state index contributed by atoms with van der Waals surface area (Å²) in [6.07, 6.45) is 14.9. The highest BCUT2D eigenvalue weighted by Gasteiger charge is 2.24. The average Bonchev–Trinajstić information content (AvgIpc) is 3.48. The first-order valence-corrected chi connectivity index (χ1v) is 15.8. The van der Waals surface area contributed by atoms with Crippen molar-refractivity contribution in [1.82, 2.24) is 34.9 Å². The van der Waals surface area contributed by atoms with E-state index in [1.807, 2.05) is 29.3 Å². The molecule has 10 heteroatoms. The summed E-state index contributed by atoms with van der Waals surface area (Å²) < 4.78 is 3.24. The number of hydrogen-bond acceptors (Lipinski definition) is 6.